The molecule has 0 aliphatic carbocycles. The number of hydrogen-bond acceptors (Lipinski definition) is 2. The molecule has 1 heterocycles. The summed E-state index contributed by atoms with van der Waals surface area (Å²) in [7, 11) is 0. The van der Waals surface area contributed by atoms with Crippen LogP contribution >= 0.6 is 0 Å². The molecule has 0 fully saturated rings. The van der Waals surface area contributed by atoms with E-state index in [4.69, 9.17) is 10.2 Å². The standard InChI is InChI=1S/C12H21NO/c1-3-5-7-12(13,4-2)9-11-6-8-14-10-11/h6,8,10H,3-5,7,9,13H2,1-2H3. The van der Waals surface area contributed by atoms with Crippen molar-refractivity contribution in [3.05, 3.63) is 24.2 Å². The zero-order chi connectivity index (χ0) is 10.4. The van der Waals surface area contributed by atoms with E-state index >= 15 is 0 Å². The highest BCUT2D eigenvalue weighted by Crippen LogP contribution is 2.21. The van der Waals surface area contributed by atoms with Gasteiger partial charge in [0.15, 0.2) is 0 Å². The summed E-state index contributed by atoms with van der Waals surface area (Å²) in [4.78, 5) is 0. The Morgan fingerprint density at radius 2 is 2.21 bits per heavy atom. The smallest absolute Gasteiger partial charge is 0.0935 e. The van der Waals surface area contributed by atoms with Gasteiger partial charge in [0.1, 0.15) is 0 Å². The monoisotopic (exact) mass is 195 g/mol. The van der Waals surface area contributed by atoms with Crippen LogP contribution < -0.4 is 5.73 Å². The van der Waals surface area contributed by atoms with Gasteiger partial charge in [0.2, 0.25) is 0 Å². The Morgan fingerprint density at radius 1 is 1.43 bits per heavy atom. The summed E-state index contributed by atoms with van der Waals surface area (Å²) >= 11 is 0. The minimum Gasteiger partial charge on any atom is -0.472 e. The average molecular weight is 195 g/mol. The molecule has 0 radical (unpaired) electrons. The van der Waals surface area contributed by atoms with Crippen LogP contribution in [0.5, 0.6) is 0 Å². The Bertz CT molecular complexity index is 243. The second kappa shape index (κ2) is 5.20. The highest BCUT2D eigenvalue weighted by Gasteiger charge is 2.22. The molecule has 80 valence electrons. The minimum atomic E-state index is -0.0418. The van der Waals surface area contributed by atoms with Crippen LogP contribution in [-0.4, -0.2) is 5.54 Å². The van der Waals surface area contributed by atoms with E-state index in [1.54, 1.807) is 12.5 Å². The highest BCUT2D eigenvalue weighted by atomic mass is 16.3. The second-order valence-corrected chi connectivity index (χ2v) is 4.13. The van der Waals surface area contributed by atoms with Crippen LogP contribution in [0, 0.1) is 0 Å². The summed E-state index contributed by atoms with van der Waals surface area (Å²) in [6.45, 7) is 4.36. The Morgan fingerprint density at radius 3 is 2.71 bits per heavy atom. The number of nitrogens with two attached hydrogens (primary N) is 1. The van der Waals surface area contributed by atoms with E-state index in [1.807, 2.05) is 6.07 Å². The predicted octanol–water partition coefficient (Wildman–Crippen LogP) is 3.12. The summed E-state index contributed by atoms with van der Waals surface area (Å²) in [6, 6.07) is 2.00. The van der Waals surface area contributed by atoms with E-state index < -0.39 is 0 Å². The number of rotatable bonds is 6. The number of furan rings is 1. The molecule has 0 bridgehead atoms. The fourth-order valence-electron chi connectivity index (χ4n) is 1.72. The van der Waals surface area contributed by atoms with Gasteiger partial charge in [0, 0.05) is 5.54 Å². The molecule has 0 aliphatic heterocycles. The molecule has 0 saturated carbocycles. The zero-order valence-electron chi connectivity index (χ0n) is 9.25. The molecule has 2 nitrogen and oxygen atoms in total. The number of hydrogen-bond donors (Lipinski definition) is 1. The molecule has 1 aromatic heterocycles. The largest absolute Gasteiger partial charge is 0.472 e. The third-order valence-electron chi connectivity index (χ3n) is 2.87. The van der Waals surface area contributed by atoms with Gasteiger partial charge >= 0.3 is 0 Å². The summed E-state index contributed by atoms with van der Waals surface area (Å²) in [5.74, 6) is 0. The molecule has 0 amide bonds. The third-order valence-corrected chi connectivity index (χ3v) is 2.87. The first-order valence-electron chi connectivity index (χ1n) is 5.50. The molecule has 0 aromatic carbocycles. The molecule has 14 heavy (non-hydrogen) atoms. The van der Waals surface area contributed by atoms with E-state index in [-0.39, 0.29) is 5.54 Å². The van der Waals surface area contributed by atoms with Crippen LogP contribution in [0.4, 0.5) is 0 Å². The van der Waals surface area contributed by atoms with Crippen molar-refractivity contribution in [3.63, 3.8) is 0 Å². The SMILES string of the molecule is CCCCC(N)(CC)Cc1ccoc1. The van der Waals surface area contributed by atoms with Gasteiger partial charge < -0.3 is 10.2 Å². The van der Waals surface area contributed by atoms with Gasteiger partial charge in [-0.05, 0) is 30.9 Å². The predicted molar refractivity (Wildman–Crippen MR) is 59.1 cm³/mol. The molecular formula is C12H21NO. The van der Waals surface area contributed by atoms with E-state index in [1.165, 1.54) is 18.4 Å². The zero-order valence-corrected chi connectivity index (χ0v) is 9.25. The fraction of sp³-hybridized carbons (Fsp3) is 0.667. The maximum absolute atomic E-state index is 6.33. The van der Waals surface area contributed by atoms with Gasteiger partial charge in [0.25, 0.3) is 0 Å². The van der Waals surface area contributed by atoms with Crippen molar-refractivity contribution >= 4 is 0 Å². The quantitative estimate of drug-likeness (QED) is 0.757. The summed E-state index contributed by atoms with van der Waals surface area (Å²) < 4.78 is 5.05. The van der Waals surface area contributed by atoms with Crippen molar-refractivity contribution in [1.29, 1.82) is 0 Å². The molecule has 1 atom stereocenters. The lowest BCUT2D eigenvalue weighted by molar-refractivity contribution is 0.364. The van der Waals surface area contributed by atoms with Gasteiger partial charge in [-0.1, -0.05) is 26.7 Å². The molecule has 2 heteroatoms. The second-order valence-electron chi connectivity index (χ2n) is 4.13. The third kappa shape index (κ3) is 3.18. The van der Waals surface area contributed by atoms with Crippen LogP contribution in [0.25, 0.3) is 0 Å². The van der Waals surface area contributed by atoms with Gasteiger partial charge in [0.05, 0.1) is 12.5 Å². The van der Waals surface area contributed by atoms with Crippen LogP contribution in [0.15, 0.2) is 23.0 Å². The van der Waals surface area contributed by atoms with E-state index in [0.717, 1.165) is 19.3 Å². The van der Waals surface area contributed by atoms with E-state index in [9.17, 15) is 0 Å². The van der Waals surface area contributed by atoms with Gasteiger partial charge in [-0.2, -0.15) is 0 Å². The molecule has 0 saturated heterocycles. The lowest BCUT2D eigenvalue weighted by atomic mass is 9.85. The lowest BCUT2D eigenvalue weighted by Gasteiger charge is -2.27. The topological polar surface area (TPSA) is 39.2 Å². The average Bonchev–Trinajstić information content (AvgIpc) is 2.67. The molecule has 1 unspecified atom stereocenters. The van der Waals surface area contributed by atoms with Crippen LogP contribution in [-0.2, 0) is 6.42 Å². The Kier molecular flexibility index (Phi) is 4.21. The van der Waals surface area contributed by atoms with Crippen LogP contribution in [0.1, 0.15) is 45.1 Å². The van der Waals surface area contributed by atoms with Crippen molar-refractivity contribution in [3.8, 4) is 0 Å². The Hall–Kier alpha value is -0.760. The normalized spacial score (nSPS) is 15.4. The van der Waals surface area contributed by atoms with Crippen LogP contribution in [0.2, 0.25) is 0 Å². The Balaban J connectivity index is 2.52. The molecular weight excluding hydrogens is 174 g/mol. The van der Waals surface area contributed by atoms with Crippen molar-refractivity contribution in [2.24, 2.45) is 5.73 Å². The lowest BCUT2D eigenvalue weighted by Crippen LogP contribution is -2.41. The summed E-state index contributed by atoms with van der Waals surface area (Å²) in [6.07, 6.45) is 8.99. The first-order valence-corrected chi connectivity index (χ1v) is 5.50. The van der Waals surface area contributed by atoms with Crippen LogP contribution in [0.3, 0.4) is 0 Å². The van der Waals surface area contributed by atoms with Gasteiger partial charge in [-0.15, -0.1) is 0 Å². The molecule has 2 N–H and O–H groups in total. The van der Waals surface area contributed by atoms with Gasteiger partial charge in [-0.3, -0.25) is 0 Å². The van der Waals surface area contributed by atoms with Crippen molar-refractivity contribution in [2.45, 2.75) is 51.5 Å². The summed E-state index contributed by atoms with van der Waals surface area (Å²) in [5.41, 5.74) is 7.50. The van der Waals surface area contributed by atoms with E-state index in [0.29, 0.717) is 0 Å². The maximum atomic E-state index is 6.33. The highest BCUT2D eigenvalue weighted by molar-refractivity contribution is 5.10. The maximum Gasteiger partial charge on any atom is 0.0935 e. The van der Waals surface area contributed by atoms with Gasteiger partial charge in [-0.25, -0.2) is 0 Å². The van der Waals surface area contributed by atoms with E-state index in [2.05, 4.69) is 13.8 Å². The van der Waals surface area contributed by atoms with Crippen molar-refractivity contribution in [1.82, 2.24) is 0 Å². The number of unbranched alkanes of at least 4 members (excludes halogenated alkanes) is 1. The molecule has 1 rings (SSSR count). The molecule has 0 aliphatic rings. The first kappa shape index (κ1) is 11.3. The molecule has 0 spiro atoms. The van der Waals surface area contributed by atoms with Crippen molar-refractivity contribution < 1.29 is 4.42 Å². The summed E-state index contributed by atoms with van der Waals surface area (Å²) in [5, 5.41) is 0. The van der Waals surface area contributed by atoms with Crippen molar-refractivity contribution in [2.75, 3.05) is 0 Å². The first-order chi connectivity index (χ1) is 6.70. The minimum absolute atomic E-state index is 0.0418. The molecule has 1 aromatic rings. The fourth-order valence-corrected chi connectivity index (χ4v) is 1.72. The Labute approximate surface area is 86.5 Å².